The summed E-state index contributed by atoms with van der Waals surface area (Å²) in [5.74, 6) is -0.970. The molecule has 0 saturated heterocycles. The van der Waals surface area contributed by atoms with Gasteiger partial charge in [-0.3, -0.25) is 0 Å². The summed E-state index contributed by atoms with van der Waals surface area (Å²) >= 11 is 0. The van der Waals surface area contributed by atoms with Gasteiger partial charge < -0.3 is 10.2 Å². The molecule has 1 atom stereocenters. The van der Waals surface area contributed by atoms with Crippen molar-refractivity contribution in [1.29, 1.82) is 0 Å². The van der Waals surface area contributed by atoms with Gasteiger partial charge in [-0.1, -0.05) is 18.2 Å². The number of hydrogen-bond donors (Lipinski definition) is 2. The van der Waals surface area contributed by atoms with Crippen molar-refractivity contribution >= 4 is 5.97 Å². The van der Waals surface area contributed by atoms with Gasteiger partial charge in [-0.15, -0.1) is 6.58 Å². The molecule has 0 aliphatic carbocycles. The van der Waals surface area contributed by atoms with Crippen LogP contribution in [0.3, 0.4) is 0 Å². The Morgan fingerprint density at radius 1 is 1.57 bits per heavy atom. The fourth-order valence-electron chi connectivity index (χ4n) is 0.810. The number of allylic oxidation sites excluding steroid dienone is 2. The second kappa shape index (κ2) is 5.40. The Balaban J connectivity index is 4.20. The van der Waals surface area contributed by atoms with Crippen LogP contribution >= 0.6 is 0 Å². The van der Waals surface area contributed by atoms with E-state index >= 15 is 0 Å². The molecule has 0 bridgehead atoms. The molecule has 0 spiro atoms. The Bertz CT molecular complexity index is 272. The predicted octanol–water partition coefficient (Wildman–Crippen LogP) is 1.90. The molecule has 0 fully saturated rings. The zero-order valence-corrected chi connectivity index (χ0v) is 8.53. The third-order valence-corrected chi connectivity index (χ3v) is 1.70. The number of hydrogen-bond acceptors (Lipinski definition) is 2. The van der Waals surface area contributed by atoms with E-state index in [2.05, 4.69) is 6.58 Å². The maximum absolute atomic E-state index is 10.3. The van der Waals surface area contributed by atoms with E-state index in [0.717, 1.165) is 6.08 Å². The molecule has 0 saturated carbocycles. The van der Waals surface area contributed by atoms with E-state index < -0.39 is 11.6 Å². The summed E-state index contributed by atoms with van der Waals surface area (Å²) in [6.07, 6.45) is 6.36. The van der Waals surface area contributed by atoms with Crippen LogP contribution in [0.1, 0.15) is 20.3 Å². The summed E-state index contributed by atoms with van der Waals surface area (Å²) in [6.45, 7) is 6.81. The van der Waals surface area contributed by atoms with Crippen molar-refractivity contribution in [2.24, 2.45) is 0 Å². The van der Waals surface area contributed by atoms with E-state index in [9.17, 15) is 9.90 Å². The van der Waals surface area contributed by atoms with Gasteiger partial charge in [-0.2, -0.15) is 0 Å². The van der Waals surface area contributed by atoms with Gasteiger partial charge in [-0.05, 0) is 25.8 Å². The summed E-state index contributed by atoms with van der Waals surface area (Å²) < 4.78 is 0. The van der Waals surface area contributed by atoms with Crippen molar-refractivity contribution in [3.63, 3.8) is 0 Å². The number of carboxylic acid groups (broad SMARTS) is 1. The highest BCUT2D eigenvalue weighted by molar-refractivity contribution is 5.81. The molecule has 14 heavy (non-hydrogen) atoms. The molecule has 0 aliphatic heterocycles. The van der Waals surface area contributed by atoms with Crippen molar-refractivity contribution in [2.45, 2.75) is 25.9 Å². The van der Waals surface area contributed by atoms with Gasteiger partial charge in [0.15, 0.2) is 0 Å². The highest BCUT2D eigenvalue weighted by Crippen LogP contribution is 2.11. The molecule has 3 nitrogen and oxygen atoms in total. The molecule has 3 heteroatoms. The first-order valence-corrected chi connectivity index (χ1v) is 4.31. The van der Waals surface area contributed by atoms with Gasteiger partial charge >= 0.3 is 5.97 Å². The molecule has 0 heterocycles. The smallest absolute Gasteiger partial charge is 0.328 e. The lowest BCUT2D eigenvalue weighted by Gasteiger charge is -2.14. The van der Waals surface area contributed by atoms with Crippen LogP contribution in [0.15, 0.2) is 36.5 Å². The van der Waals surface area contributed by atoms with Crippen LogP contribution in [0.5, 0.6) is 0 Å². The molecule has 0 rings (SSSR count). The Morgan fingerprint density at radius 3 is 2.57 bits per heavy atom. The Morgan fingerprint density at radius 2 is 2.14 bits per heavy atom. The Kier molecular flexibility index (Phi) is 4.87. The van der Waals surface area contributed by atoms with Crippen LogP contribution in [0.4, 0.5) is 0 Å². The highest BCUT2D eigenvalue weighted by atomic mass is 16.4. The van der Waals surface area contributed by atoms with E-state index in [1.165, 1.54) is 6.08 Å². The Labute approximate surface area is 84.1 Å². The van der Waals surface area contributed by atoms with Gasteiger partial charge in [0, 0.05) is 6.08 Å². The average Bonchev–Trinajstić information content (AvgIpc) is 2.02. The lowest BCUT2D eigenvalue weighted by molar-refractivity contribution is -0.131. The maximum atomic E-state index is 10.3. The van der Waals surface area contributed by atoms with Crippen molar-refractivity contribution in [2.75, 3.05) is 0 Å². The minimum absolute atomic E-state index is 0.418. The second-order valence-electron chi connectivity index (χ2n) is 3.39. The molecular formula is C11H16O3. The topological polar surface area (TPSA) is 57.5 Å². The molecule has 0 aliphatic rings. The molecule has 78 valence electrons. The standard InChI is InChI=1S/C11H16O3/c1-4-11(3,14)7-5-6-9(2)8-10(12)13/h4-6,8,14H,1,7H2,2-3H3,(H,12,13). The maximum Gasteiger partial charge on any atom is 0.328 e. The summed E-state index contributed by atoms with van der Waals surface area (Å²) in [6, 6.07) is 0. The highest BCUT2D eigenvalue weighted by Gasteiger charge is 2.11. The van der Waals surface area contributed by atoms with Gasteiger partial charge in [0.25, 0.3) is 0 Å². The quantitative estimate of drug-likeness (QED) is 0.401. The zero-order chi connectivity index (χ0) is 11.2. The monoisotopic (exact) mass is 196 g/mol. The van der Waals surface area contributed by atoms with Gasteiger partial charge in [0.2, 0.25) is 0 Å². The molecule has 0 amide bonds. The van der Waals surface area contributed by atoms with Crippen molar-refractivity contribution in [3.8, 4) is 0 Å². The lowest BCUT2D eigenvalue weighted by Crippen LogP contribution is -2.18. The van der Waals surface area contributed by atoms with Gasteiger partial charge in [-0.25, -0.2) is 4.79 Å². The minimum Gasteiger partial charge on any atom is -0.478 e. The van der Waals surface area contributed by atoms with Gasteiger partial charge in [0.05, 0.1) is 5.60 Å². The van der Waals surface area contributed by atoms with Crippen molar-refractivity contribution in [3.05, 3.63) is 36.5 Å². The number of aliphatic carboxylic acids is 1. The third kappa shape index (κ3) is 6.20. The first-order chi connectivity index (χ1) is 6.37. The van der Waals surface area contributed by atoms with Crippen LogP contribution in [0.2, 0.25) is 0 Å². The molecule has 0 aromatic carbocycles. The number of rotatable bonds is 5. The van der Waals surface area contributed by atoms with Crippen LogP contribution in [-0.2, 0) is 4.79 Å². The summed E-state index contributed by atoms with van der Waals surface area (Å²) in [4.78, 5) is 10.3. The van der Waals surface area contributed by atoms with E-state index in [0.29, 0.717) is 12.0 Å². The van der Waals surface area contributed by atoms with Crippen LogP contribution in [0, 0.1) is 0 Å². The number of carboxylic acids is 1. The molecule has 0 aromatic heterocycles. The molecule has 0 aromatic rings. The van der Waals surface area contributed by atoms with Crippen LogP contribution in [0.25, 0.3) is 0 Å². The molecule has 1 unspecified atom stereocenters. The zero-order valence-electron chi connectivity index (χ0n) is 8.53. The normalized spacial score (nSPS) is 16.6. The second-order valence-corrected chi connectivity index (χ2v) is 3.39. The molecule has 0 radical (unpaired) electrons. The van der Waals surface area contributed by atoms with Crippen LogP contribution in [-0.4, -0.2) is 21.8 Å². The Hall–Kier alpha value is -1.35. The largest absolute Gasteiger partial charge is 0.478 e. The van der Waals surface area contributed by atoms with Crippen molar-refractivity contribution in [1.82, 2.24) is 0 Å². The van der Waals surface area contributed by atoms with Gasteiger partial charge in [0.1, 0.15) is 0 Å². The number of carbonyl (C=O) groups is 1. The summed E-state index contributed by atoms with van der Waals surface area (Å²) in [5, 5.41) is 17.9. The molecule has 2 N–H and O–H groups in total. The van der Waals surface area contributed by atoms with Crippen molar-refractivity contribution < 1.29 is 15.0 Å². The van der Waals surface area contributed by atoms with E-state index in [-0.39, 0.29) is 0 Å². The number of aliphatic hydroxyl groups is 1. The third-order valence-electron chi connectivity index (χ3n) is 1.70. The fraction of sp³-hybridized carbons (Fsp3) is 0.364. The first kappa shape index (κ1) is 12.7. The van der Waals surface area contributed by atoms with Crippen LogP contribution < -0.4 is 0 Å². The lowest BCUT2D eigenvalue weighted by atomic mass is 10.0. The minimum atomic E-state index is -0.970. The average molecular weight is 196 g/mol. The van der Waals surface area contributed by atoms with E-state index in [1.54, 1.807) is 26.0 Å². The summed E-state index contributed by atoms with van der Waals surface area (Å²) in [5.41, 5.74) is -0.294. The van der Waals surface area contributed by atoms with E-state index in [4.69, 9.17) is 5.11 Å². The summed E-state index contributed by atoms with van der Waals surface area (Å²) in [7, 11) is 0. The molecular weight excluding hydrogens is 180 g/mol. The van der Waals surface area contributed by atoms with E-state index in [1.807, 2.05) is 0 Å². The SMILES string of the molecule is C=CC(C)(O)CC=CC(C)=CC(=O)O. The predicted molar refractivity (Wildman–Crippen MR) is 56.0 cm³/mol. The first-order valence-electron chi connectivity index (χ1n) is 4.31. The fourth-order valence-corrected chi connectivity index (χ4v) is 0.810.